The maximum Gasteiger partial charge on any atom is 0.326 e. The molecule has 0 unspecified atom stereocenters. The monoisotopic (exact) mass is 287 g/mol. The second kappa shape index (κ2) is 7.09. The third kappa shape index (κ3) is 5.43. The van der Waals surface area contributed by atoms with Crippen LogP contribution in [0.25, 0.3) is 0 Å². The number of nitrogens with two attached hydrogens (primary N) is 1. The molecule has 0 spiro atoms. The summed E-state index contributed by atoms with van der Waals surface area (Å²) in [5.41, 5.74) is 4.56. The number of carboxylic acids is 1. The van der Waals surface area contributed by atoms with Crippen molar-refractivity contribution >= 4 is 17.9 Å². The number of carboxylic acid groups (broad SMARTS) is 1. The van der Waals surface area contributed by atoms with Gasteiger partial charge in [-0.1, -0.05) is 0 Å². The number of urea groups is 1. The number of amides is 3. The molecule has 1 aliphatic heterocycles. The van der Waals surface area contributed by atoms with Crippen LogP contribution in [0.15, 0.2) is 0 Å². The summed E-state index contributed by atoms with van der Waals surface area (Å²) >= 11 is 0. The molecule has 0 aromatic carbocycles. The van der Waals surface area contributed by atoms with Gasteiger partial charge in [-0.15, -0.1) is 0 Å². The molecule has 0 aromatic rings. The zero-order valence-corrected chi connectivity index (χ0v) is 11.5. The van der Waals surface area contributed by atoms with Crippen molar-refractivity contribution in [3.8, 4) is 0 Å². The van der Waals surface area contributed by atoms with Gasteiger partial charge in [0.1, 0.15) is 6.04 Å². The lowest BCUT2D eigenvalue weighted by molar-refractivity contribution is -0.139. The average molecular weight is 287 g/mol. The van der Waals surface area contributed by atoms with Gasteiger partial charge < -0.3 is 26.2 Å². The first-order valence-electron chi connectivity index (χ1n) is 6.50. The second-order valence-electron chi connectivity index (χ2n) is 5.17. The molecular formula is C12H21N3O5. The molecule has 5 N–H and O–H groups in total. The van der Waals surface area contributed by atoms with Crippen LogP contribution in [0.1, 0.15) is 32.6 Å². The summed E-state index contributed by atoms with van der Waals surface area (Å²) in [7, 11) is 0. The highest BCUT2D eigenvalue weighted by Gasteiger charge is 2.30. The second-order valence-corrected chi connectivity index (χ2v) is 5.17. The maximum absolute atomic E-state index is 11.8. The van der Waals surface area contributed by atoms with Crippen molar-refractivity contribution in [2.24, 2.45) is 5.73 Å². The molecule has 0 aliphatic carbocycles. The molecular weight excluding hydrogens is 266 g/mol. The fourth-order valence-corrected chi connectivity index (χ4v) is 1.96. The predicted molar refractivity (Wildman–Crippen MR) is 70.0 cm³/mol. The molecule has 0 bridgehead atoms. The Balaban J connectivity index is 2.48. The molecule has 1 atom stereocenters. The Morgan fingerprint density at radius 3 is 2.45 bits per heavy atom. The number of primary amides is 1. The van der Waals surface area contributed by atoms with E-state index in [1.165, 1.54) is 0 Å². The van der Waals surface area contributed by atoms with Gasteiger partial charge in [-0.3, -0.25) is 4.79 Å². The fourth-order valence-electron chi connectivity index (χ4n) is 1.96. The van der Waals surface area contributed by atoms with Crippen LogP contribution >= 0.6 is 0 Å². The zero-order chi connectivity index (χ0) is 15.2. The number of hydrogen-bond donors (Lipinski definition) is 4. The summed E-state index contributed by atoms with van der Waals surface area (Å²) in [5, 5.41) is 14.1. The predicted octanol–water partition coefficient (Wildman–Crippen LogP) is -0.427. The minimum atomic E-state index is -1.20. The summed E-state index contributed by atoms with van der Waals surface area (Å²) in [4.78, 5) is 33.5. The van der Waals surface area contributed by atoms with Crippen molar-refractivity contribution in [2.75, 3.05) is 13.2 Å². The zero-order valence-electron chi connectivity index (χ0n) is 11.5. The first-order chi connectivity index (χ1) is 9.32. The van der Waals surface area contributed by atoms with Crippen molar-refractivity contribution in [3.05, 3.63) is 0 Å². The number of hydrogen-bond acceptors (Lipinski definition) is 4. The Morgan fingerprint density at radius 1 is 1.35 bits per heavy atom. The van der Waals surface area contributed by atoms with Crippen LogP contribution in [-0.2, 0) is 14.3 Å². The van der Waals surface area contributed by atoms with Gasteiger partial charge in [0.25, 0.3) is 0 Å². The minimum absolute atomic E-state index is 0.0298. The molecule has 1 fully saturated rings. The molecule has 8 nitrogen and oxygen atoms in total. The van der Waals surface area contributed by atoms with E-state index in [-0.39, 0.29) is 12.8 Å². The van der Waals surface area contributed by atoms with E-state index in [0.29, 0.717) is 26.1 Å². The SMILES string of the molecule is CC1(NC(=O)N[C@@H](CCC(N)=O)C(=O)O)CCOCC1. The Kier molecular flexibility index (Phi) is 5.75. The Morgan fingerprint density at radius 2 is 1.95 bits per heavy atom. The van der Waals surface area contributed by atoms with Crippen LogP contribution in [0.2, 0.25) is 0 Å². The van der Waals surface area contributed by atoms with Crippen LogP contribution in [0.4, 0.5) is 4.79 Å². The van der Waals surface area contributed by atoms with Gasteiger partial charge in [-0.05, 0) is 26.2 Å². The fraction of sp³-hybridized carbons (Fsp3) is 0.750. The number of carbonyl (C=O) groups is 3. The number of rotatable bonds is 6. The first-order valence-corrected chi connectivity index (χ1v) is 6.50. The maximum atomic E-state index is 11.8. The van der Waals surface area contributed by atoms with Crippen molar-refractivity contribution in [1.29, 1.82) is 0 Å². The summed E-state index contributed by atoms with van der Waals surface area (Å²) in [6.45, 7) is 3.00. The van der Waals surface area contributed by atoms with E-state index < -0.39 is 29.5 Å². The summed E-state index contributed by atoms with van der Waals surface area (Å²) in [6, 6.07) is -1.70. The number of nitrogens with one attached hydrogen (secondary N) is 2. The summed E-state index contributed by atoms with van der Waals surface area (Å²) in [6.07, 6.45) is 1.21. The van der Waals surface area contributed by atoms with Gasteiger partial charge in [0.05, 0.1) is 0 Å². The van der Waals surface area contributed by atoms with Crippen LogP contribution in [-0.4, -0.2) is 47.8 Å². The van der Waals surface area contributed by atoms with E-state index in [0.717, 1.165) is 0 Å². The molecule has 8 heteroatoms. The lowest BCUT2D eigenvalue weighted by Crippen LogP contribution is -2.55. The van der Waals surface area contributed by atoms with Crippen molar-refractivity contribution in [3.63, 3.8) is 0 Å². The van der Waals surface area contributed by atoms with E-state index in [4.69, 9.17) is 15.6 Å². The van der Waals surface area contributed by atoms with Gasteiger partial charge >= 0.3 is 12.0 Å². The smallest absolute Gasteiger partial charge is 0.326 e. The Bertz CT molecular complexity index is 379. The number of carbonyl (C=O) groups excluding carboxylic acids is 2. The van der Waals surface area contributed by atoms with Crippen molar-refractivity contribution < 1.29 is 24.2 Å². The molecule has 1 aliphatic rings. The normalized spacial score (nSPS) is 18.9. The minimum Gasteiger partial charge on any atom is -0.480 e. The highest BCUT2D eigenvalue weighted by Crippen LogP contribution is 2.19. The third-order valence-electron chi connectivity index (χ3n) is 3.29. The van der Waals surface area contributed by atoms with E-state index in [1.54, 1.807) is 0 Å². The molecule has 0 saturated carbocycles. The van der Waals surface area contributed by atoms with Crippen LogP contribution < -0.4 is 16.4 Å². The van der Waals surface area contributed by atoms with E-state index in [2.05, 4.69) is 10.6 Å². The Labute approximate surface area is 117 Å². The van der Waals surface area contributed by atoms with Gasteiger partial charge in [-0.2, -0.15) is 0 Å². The summed E-state index contributed by atoms with van der Waals surface area (Å²) in [5.74, 6) is -1.80. The highest BCUT2D eigenvalue weighted by atomic mass is 16.5. The van der Waals surface area contributed by atoms with Gasteiger partial charge in [0.15, 0.2) is 0 Å². The average Bonchev–Trinajstić information content (AvgIpc) is 2.34. The Hall–Kier alpha value is -1.83. The van der Waals surface area contributed by atoms with E-state index in [1.807, 2.05) is 6.92 Å². The van der Waals surface area contributed by atoms with Crippen molar-refractivity contribution in [2.45, 2.75) is 44.2 Å². The topological polar surface area (TPSA) is 131 Å². The quantitative estimate of drug-likeness (QED) is 0.526. The van der Waals surface area contributed by atoms with Crippen molar-refractivity contribution in [1.82, 2.24) is 10.6 Å². The first kappa shape index (κ1) is 16.2. The number of aliphatic carboxylic acids is 1. The van der Waals surface area contributed by atoms with E-state index in [9.17, 15) is 14.4 Å². The molecule has 1 rings (SSSR count). The van der Waals surface area contributed by atoms with Crippen LogP contribution in [0.3, 0.4) is 0 Å². The molecule has 3 amide bonds. The molecule has 0 aromatic heterocycles. The van der Waals surface area contributed by atoms with Gasteiger partial charge in [0, 0.05) is 25.2 Å². The highest BCUT2D eigenvalue weighted by molar-refractivity contribution is 5.83. The third-order valence-corrected chi connectivity index (χ3v) is 3.29. The molecule has 1 heterocycles. The molecule has 20 heavy (non-hydrogen) atoms. The van der Waals surface area contributed by atoms with E-state index >= 15 is 0 Å². The lowest BCUT2D eigenvalue weighted by atomic mass is 9.93. The van der Waals surface area contributed by atoms with Gasteiger partial charge in [-0.25, -0.2) is 9.59 Å². The molecule has 114 valence electrons. The molecule has 1 saturated heterocycles. The van der Waals surface area contributed by atoms with Gasteiger partial charge in [0.2, 0.25) is 5.91 Å². The van der Waals surface area contributed by atoms with Crippen LogP contribution in [0.5, 0.6) is 0 Å². The number of ether oxygens (including phenoxy) is 1. The summed E-state index contributed by atoms with van der Waals surface area (Å²) < 4.78 is 5.21. The van der Waals surface area contributed by atoms with Crippen LogP contribution in [0, 0.1) is 0 Å². The lowest BCUT2D eigenvalue weighted by Gasteiger charge is -2.34. The largest absolute Gasteiger partial charge is 0.480 e. The standard InChI is InChI=1S/C12H21N3O5/c1-12(4-6-20-7-5-12)15-11(19)14-8(10(17)18)2-3-9(13)16/h8H,2-7H2,1H3,(H2,13,16)(H,17,18)(H2,14,15,19)/t8-/m0/s1. The molecule has 0 radical (unpaired) electrons.